The first-order chi connectivity index (χ1) is 13.4. The Morgan fingerprint density at radius 2 is 2.00 bits per heavy atom. The number of nitrogens with zero attached hydrogens (tertiary/aromatic N) is 4. The molecule has 0 saturated carbocycles. The molecule has 0 fully saturated rings. The van der Waals surface area contributed by atoms with Crippen LogP contribution in [0.5, 0.6) is 0 Å². The summed E-state index contributed by atoms with van der Waals surface area (Å²) in [5, 5.41) is 13.8. The Kier molecular flexibility index (Phi) is 5.25. The molecule has 0 aliphatic rings. The maximum absolute atomic E-state index is 13.3. The van der Waals surface area contributed by atoms with Gasteiger partial charge in [-0.2, -0.15) is 4.98 Å². The highest BCUT2D eigenvalue weighted by Crippen LogP contribution is 2.22. The normalized spacial score (nSPS) is 11.8. The van der Waals surface area contributed by atoms with Gasteiger partial charge in [0, 0.05) is 11.5 Å². The van der Waals surface area contributed by atoms with Crippen LogP contribution in [0.15, 0.2) is 30.5 Å². The molecule has 3 rings (SSSR count). The van der Waals surface area contributed by atoms with E-state index in [4.69, 9.17) is 11.5 Å². The van der Waals surface area contributed by atoms with Gasteiger partial charge in [-0.25, -0.2) is 4.39 Å². The number of anilines is 3. The largest absolute Gasteiger partial charge is 0.368 e. The van der Waals surface area contributed by atoms with Crippen molar-refractivity contribution in [3.8, 4) is 0 Å². The fourth-order valence-corrected chi connectivity index (χ4v) is 2.47. The van der Waals surface area contributed by atoms with Gasteiger partial charge in [-0.15, -0.1) is 10.2 Å². The molecule has 0 bridgehead atoms. The van der Waals surface area contributed by atoms with Crippen molar-refractivity contribution in [3.05, 3.63) is 42.0 Å². The number of hydrogen-bond donors (Lipinski definition) is 4. The molecule has 0 aliphatic carbocycles. The number of hydrogen-bond acceptors (Lipinski definition) is 8. The second-order valence-electron chi connectivity index (χ2n) is 5.89. The fourth-order valence-electron chi connectivity index (χ4n) is 2.47. The Bertz CT molecular complexity index is 1060. The molecule has 144 valence electrons. The molecule has 6 N–H and O–H groups in total. The van der Waals surface area contributed by atoms with Crippen LogP contribution in [0.4, 0.5) is 21.8 Å². The van der Waals surface area contributed by atoms with Crippen molar-refractivity contribution in [3.63, 3.8) is 0 Å². The smallest absolute Gasteiger partial charge is 0.273 e. The Morgan fingerprint density at radius 3 is 2.68 bits per heavy atom. The van der Waals surface area contributed by atoms with Crippen LogP contribution in [-0.4, -0.2) is 38.0 Å². The average Bonchev–Trinajstić information content (AvgIpc) is 2.66. The predicted molar refractivity (Wildman–Crippen MR) is 100 cm³/mol. The van der Waals surface area contributed by atoms with E-state index >= 15 is 0 Å². The van der Waals surface area contributed by atoms with Crippen LogP contribution < -0.4 is 22.1 Å². The van der Waals surface area contributed by atoms with E-state index in [2.05, 4.69) is 30.8 Å². The van der Waals surface area contributed by atoms with Crippen molar-refractivity contribution in [2.75, 3.05) is 10.6 Å². The second kappa shape index (κ2) is 7.78. The Morgan fingerprint density at radius 1 is 1.21 bits per heavy atom. The summed E-state index contributed by atoms with van der Waals surface area (Å²) in [6.07, 6.45) is 1.85. The number of rotatable bonds is 7. The van der Waals surface area contributed by atoms with Crippen LogP contribution in [-0.2, 0) is 4.79 Å². The minimum atomic E-state index is -0.841. The van der Waals surface area contributed by atoms with Crippen molar-refractivity contribution < 1.29 is 14.0 Å². The number of carbonyl (C=O) groups is 2. The molecule has 1 atom stereocenters. The van der Waals surface area contributed by atoms with Gasteiger partial charge in [0.05, 0.1) is 17.4 Å². The molecule has 11 heteroatoms. The monoisotopic (exact) mass is 384 g/mol. The number of aromatic nitrogens is 4. The summed E-state index contributed by atoms with van der Waals surface area (Å²) in [5.41, 5.74) is 11.4. The summed E-state index contributed by atoms with van der Waals surface area (Å²) in [6, 6.07) is 5.18. The highest BCUT2D eigenvalue weighted by Gasteiger charge is 2.18. The van der Waals surface area contributed by atoms with Gasteiger partial charge in [-0.1, -0.05) is 6.92 Å². The molecule has 2 heterocycles. The lowest BCUT2D eigenvalue weighted by atomic mass is 10.2. The molecule has 2 aromatic heterocycles. The number of halogens is 1. The molecule has 3 aromatic rings. The third-order valence-electron chi connectivity index (χ3n) is 3.88. The number of primary amides is 2. The highest BCUT2D eigenvalue weighted by atomic mass is 19.1. The van der Waals surface area contributed by atoms with E-state index in [-0.39, 0.29) is 17.5 Å². The summed E-state index contributed by atoms with van der Waals surface area (Å²) < 4.78 is 13.3. The number of nitrogens with two attached hydrogens (primary N) is 2. The van der Waals surface area contributed by atoms with Gasteiger partial charge in [0.2, 0.25) is 11.9 Å². The quantitative estimate of drug-likeness (QED) is 0.470. The zero-order valence-corrected chi connectivity index (χ0v) is 14.8. The first-order valence-corrected chi connectivity index (χ1v) is 8.30. The van der Waals surface area contributed by atoms with Crippen LogP contribution >= 0.6 is 0 Å². The van der Waals surface area contributed by atoms with Gasteiger partial charge >= 0.3 is 0 Å². The predicted octanol–water partition coefficient (Wildman–Crippen LogP) is 1.08. The summed E-state index contributed by atoms with van der Waals surface area (Å²) in [4.78, 5) is 31.4. The van der Waals surface area contributed by atoms with E-state index in [0.717, 1.165) is 0 Å². The minimum absolute atomic E-state index is 0.00558. The van der Waals surface area contributed by atoms with Crippen molar-refractivity contribution in [2.24, 2.45) is 11.5 Å². The van der Waals surface area contributed by atoms with Crippen molar-refractivity contribution >= 4 is 40.2 Å². The molecule has 0 radical (unpaired) electrons. The van der Waals surface area contributed by atoms with Crippen LogP contribution in [0.1, 0.15) is 23.8 Å². The molecule has 0 spiro atoms. The molecule has 0 unspecified atom stereocenters. The number of nitrogens with one attached hydrogen (secondary N) is 2. The van der Waals surface area contributed by atoms with E-state index in [9.17, 15) is 14.0 Å². The lowest BCUT2D eigenvalue weighted by Gasteiger charge is -2.14. The molecular weight excluding hydrogens is 367 g/mol. The lowest BCUT2D eigenvalue weighted by Crippen LogP contribution is -2.35. The molecule has 2 amide bonds. The Hall–Kier alpha value is -3.89. The van der Waals surface area contributed by atoms with Gasteiger partial charge in [0.1, 0.15) is 11.9 Å². The first kappa shape index (κ1) is 18.9. The SMILES string of the molecule is CC[C@@H](Nc1nnc(C(N)=O)c(Nc2cnc3cc(F)ccc3c2)n1)C(N)=O. The van der Waals surface area contributed by atoms with E-state index in [0.29, 0.717) is 23.0 Å². The van der Waals surface area contributed by atoms with Crippen LogP contribution in [0.3, 0.4) is 0 Å². The zero-order valence-electron chi connectivity index (χ0n) is 14.8. The van der Waals surface area contributed by atoms with E-state index < -0.39 is 23.7 Å². The standard InChI is InChI=1S/C17H17FN8O2/c1-2-11(14(19)27)23-17-24-16(13(15(20)28)25-26-17)22-10-5-8-3-4-9(18)6-12(8)21-7-10/h3-7,11H,2H2,1H3,(H2,19,27)(H2,20,28)(H2,22,23,24,26)/t11-/m1/s1. The summed E-state index contributed by atoms with van der Waals surface area (Å²) in [5.74, 6) is -1.80. The van der Waals surface area contributed by atoms with Gasteiger partial charge in [-0.05, 0) is 24.6 Å². The minimum Gasteiger partial charge on any atom is -0.368 e. The first-order valence-electron chi connectivity index (χ1n) is 8.30. The van der Waals surface area contributed by atoms with Crippen molar-refractivity contribution in [1.82, 2.24) is 20.2 Å². The van der Waals surface area contributed by atoms with Gasteiger partial charge in [0.25, 0.3) is 5.91 Å². The highest BCUT2D eigenvalue weighted by molar-refractivity contribution is 5.96. The van der Waals surface area contributed by atoms with Gasteiger partial charge < -0.3 is 22.1 Å². The molecule has 0 saturated heterocycles. The van der Waals surface area contributed by atoms with Crippen molar-refractivity contribution in [1.29, 1.82) is 0 Å². The fraction of sp³-hybridized carbons (Fsp3) is 0.176. The maximum atomic E-state index is 13.3. The second-order valence-corrected chi connectivity index (χ2v) is 5.89. The molecule has 10 nitrogen and oxygen atoms in total. The van der Waals surface area contributed by atoms with E-state index in [1.165, 1.54) is 18.3 Å². The maximum Gasteiger partial charge on any atom is 0.273 e. The zero-order chi connectivity index (χ0) is 20.3. The summed E-state index contributed by atoms with van der Waals surface area (Å²) in [6.45, 7) is 1.76. The number of carbonyl (C=O) groups excluding carboxylic acids is 2. The number of benzene rings is 1. The number of pyridine rings is 1. The van der Waals surface area contributed by atoms with E-state index in [1.54, 1.807) is 19.1 Å². The third-order valence-corrected chi connectivity index (χ3v) is 3.88. The number of amides is 2. The molecule has 28 heavy (non-hydrogen) atoms. The van der Waals surface area contributed by atoms with Crippen LogP contribution in [0, 0.1) is 5.82 Å². The van der Waals surface area contributed by atoms with Crippen LogP contribution in [0.25, 0.3) is 10.9 Å². The Balaban J connectivity index is 1.94. The molecule has 1 aromatic carbocycles. The Labute approximate surface area is 158 Å². The summed E-state index contributed by atoms with van der Waals surface area (Å²) in [7, 11) is 0. The molecule has 0 aliphatic heterocycles. The van der Waals surface area contributed by atoms with E-state index in [1.807, 2.05) is 0 Å². The van der Waals surface area contributed by atoms with Crippen molar-refractivity contribution in [2.45, 2.75) is 19.4 Å². The average molecular weight is 384 g/mol. The number of fused-ring (bicyclic) bond motifs is 1. The van der Waals surface area contributed by atoms with Crippen LogP contribution in [0.2, 0.25) is 0 Å². The van der Waals surface area contributed by atoms with Gasteiger partial charge in [0.15, 0.2) is 11.5 Å². The third kappa shape index (κ3) is 4.09. The lowest BCUT2D eigenvalue weighted by molar-refractivity contribution is -0.118. The summed E-state index contributed by atoms with van der Waals surface area (Å²) >= 11 is 0. The molecular formula is C17H17FN8O2. The van der Waals surface area contributed by atoms with Gasteiger partial charge in [-0.3, -0.25) is 14.6 Å². The topological polar surface area (TPSA) is 162 Å².